The van der Waals surface area contributed by atoms with Crippen LogP contribution < -0.4 is 10.2 Å². The van der Waals surface area contributed by atoms with Crippen LogP contribution in [0.4, 0.5) is 5.69 Å². The zero-order valence-corrected chi connectivity index (χ0v) is 13.8. The molecule has 0 fully saturated rings. The van der Waals surface area contributed by atoms with Crippen molar-refractivity contribution in [3.63, 3.8) is 0 Å². The molecule has 0 saturated heterocycles. The molecule has 0 amide bonds. The third kappa shape index (κ3) is 2.58. The molecule has 2 N–H and O–H groups in total. The van der Waals surface area contributed by atoms with Crippen LogP contribution in [-0.2, 0) is 28.8 Å². The first-order valence-corrected chi connectivity index (χ1v) is 10.1. The van der Waals surface area contributed by atoms with Gasteiger partial charge in [0.1, 0.15) is 9.87 Å². The Morgan fingerprint density at radius 1 is 1.56 bits per heavy atom. The van der Waals surface area contributed by atoms with Gasteiger partial charge < -0.3 is 27.2 Å². The maximum Gasteiger partial charge on any atom is 0.350 e. The van der Waals surface area contributed by atoms with Crippen LogP contribution in [0.5, 0.6) is 0 Å². The second kappa shape index (κ2) is 5.09. The lowest BCUT2D eigenvalue weighted by molar-refractivity contribution is 0.0533. The maximum atomic E-state index is 11.9. The van der Waals surface area contributed by atoms with Crippen LogP contribution in [0.3, 0.4) is 0 Å². The average Bonchev–Trinajstić information content (AvgIpc) is 2.54. The van der Waals surface area contributed by atoms with Crippen LogP contribution in [0.25, 0.3) is 0 Å². The van der Waals surface area contributed by atoms with Crippen molar-refractivity contribution in [2.75, 3.05) is 11.7 Å². The number of hydrogen-bond acceptors (Lipinski definition) is 6. The Balaban J connectivity index is 2.54. The van der Waals surface area contributed by atoms with Gasteiger partial charge in [-0.2, -0.15) is 0 Å². The summed E-state index contributed by atoms with van der Waals surface area (Å²) < 4.78 is 5.02. The van der Waals surface area contributed by atoms with Gasteiger partial charge >= 0.3 is 5.97 Å². The van der Waals surface area contributed by atoms with E-state index in [0.29, 0.717) is 22.2 Å². The number of carbonyl (C=O) groups excluding carboxylic acids is 1. The van der Waals surface area contributed by atoms with Gasteiger partial charge in [-0.05, 0) is 19.4 Å². The molecule has 4 nitrogen and oxygen atoms in total. The van der Waals surface area contributed by atoms with E-state index in [4.69, 9.17) is 41.0 Å². The number of nitrogens with one attached hydrogen (secondary N) is 2. The zero-order valence-electron chi connectivity index (χ0n) is 9.60. The fourth-order valence-electron chi connectivity index (χ4n) is 1.63. The number of carbonyl (C=O) groups is 1. The largest absolute Gasteiger partial charge is 0.705 e. The Kier molecular flexibility index (Phi) is 4.04. The fourth-order valence-corrected chi connectivity index (χ4v) is 5.84. The molecular weight excluding hydrogens is 327 g/mol. The molecule has 1 unspecified atom stereocenters. The van der Waals surface area contributed by atoms with Gasteiger partial charge in [-0.15, -0.1) is 11.3 Å². The maximum absolute atomic E-state index is 11.9. The van der Waals surface area contributed by atoms with Gasteiger partial charge in [0, 0.05) is 10.4 Å². The van der Waals surface area contributed by atoms with Crippen LogP contribution in [0.15, 0.2) is 0 Å². The molecule has 1 aliphatic rings. The molecule has 0 spiro atoms. The van der Waals surface area contributed by atoms with E-state index in [2.05, 4.69) is 10.2 Å². The van der Waals surface area contributed by atoms with E-state index in [1.807, 2.05) is 6.92 Å². The third-order valence-corrected chi connectivity index (χ3v) is 5.95. The lowest BCUT2D eigenvalue weighted by atomic mass is 10.2. The highest BCUT2D eigenvalue weighted by Crippen LogP contribution is 2.48. The third-order valence-electron chi connectivity index (χ3n) is 2.28. The van der Waals surface area contributed by atoms with Crippen LogP contribution in [-0.4, -0.2) is 17.6 Å². The zero-order chi connectivity index (χ0) is 13.5. The monoisotopic (exact) mass is 337 g/mol. The second-order valence-corrected chi connectivity index (χ2v) is 10.7. The van der Waals surface area contributed by atoms with Crippen molar-refractivity contribution in [2.45, 2.75) is 13.8 Å². The predicted octanol–water partition coefficient (Wildman–Crippen LogP) is 2.70. The second-order valence-electron chi connectivity index (χ2n) is 3.56. The topological polar surface area (TPSA) is 50.4 Å². The summed E-state index contributed by atoms with van der Waals surface area (Å²) >= 11 is 17.1. The van der Waals surface area contributed by atoms with E-state index in [-0.39, 0.29) is 5.97 Å². The highest BCUT2D eigenvalue weighted by atomic mass is 32.9. The first kappa shape index (κ1) is 14.3. The first-order chi connectivity index (χ1) is 8.35. The van der Waals surface area contributed by atoms with Gasteiger partial charge in [0.2, 0.25) is 0 Å². The molecule has 1 aromatic rings. The molecule has 98 valence electrons. The molecule has 0 saturated carbocycles. The van der Waals surface area contributed by atoms with Crippen LogP contribution in [0.1, 0.15) is 27.0 Å². The minimum atomic E-state index is -2.37. The summed E-state index contributed by atoms with van der Waals surface area (Å²) in [6.07, 6.45) is 0. The molecule has 1 aliphatic heterocycles. The summed E-state index contributed by atoms with van der Waals surface area (Å²) in [5.74, 6) is -0.367. The van der Waals surface area contributed by atoms with Crippen molar-refractivity contribution in [3.05, 3.63) is 15.3 Å². The number of anilines is 1. The average molecular weight is 337 g/mol. The molecule has 2 rings (SSSR count). The minimum Gasteiger partial charge on any atom is -0.705 e. The summed E-state index contributed by atoms with van der Waals surface area (Å²) in [5.41, 5.74) is -0.927. The van der Waals surface area contributed by atoms with Crippen LogP contribution >= 0.6 is 29.1 Å². The van der Waals surface area contributed by atoms with Crippen molar-refractivity contribution < 1.29 is 9.53 Å². The molecule has 0 radical (unpaired) electrons. The van der Waals surface area contributed by atoms with Crippen molar-refractivity contribution in [1.82, 2.24) is 5.09 Å². The molecule has 0 aliphatic carbocycles. The highest BCUT2D eigenvalue weighted by Gasteiger charge is 2.28. The number of ether oxygens (including phenoxy) is 1. The molecule has 9 heteroatoms. The van der Waals surface area contributed by atoms with Gasteiger partial charge in [-0.25, -0.2) is 4.79 Å². The SMILES string of the molecule is CCOC(=O)c1sc(C)c2c1NP(=S)([S-])NC2=S. The standard InChI is InChI=1S/C9H11N2O2PS4/c1-3-13-9(12)7-6-5(4(2)18-7)8(15)11-14(16,17)10-6/h3H2,1-2H3,(H3,10,11,15,16,17)/p-1. The molecule has 2 heterocycles. The highest BCUT2D eigenvalue weighted by molar-refractivity contribution is 8.55. The van der Waals surface area contributed by atoms with E-state index in [9.17, 15) is 4.79 Å². The molecule has 1 atom stereocenters. The van der Waals surface area contributed by atoms with E-state index in [1.54, 1.807) is 6.92 Å². The summed E-state index contributed by atoms with van der Waals surface area (Å²) in [6.45, 7) is 4.00. The molecule has 1 aromatic heterocycles. The molecular formula is C9H10N2O2PS4-. The van der Waals surface area contributed by atoms with Crippen molar-refractivity contribution in [2.24, 2.45) is 0 Å². The van der Waals surface area contributed by atoms with E-state index < -0.39 is 5.54 Å². The van der Waals surface area contributed by atoms with Gasteiger partial charge in [-0.3, -0.25) is 0 Å². The van der Waals surface area contributed by atoms with Crippen molar-refractivity contribution in [3.8, 4) is 0 Å². The van der Waals surface area contributed by atoms with Gasteiger partial charge in [0.05, 0.1) is 12.3 Å². The number of rotatable bonds is 2. The quantitative estimate of drug-likeness (QED) is 0.372. The van der Waals surface area contributed by atoms with E-state index in [1.165, 1.54) is 11.3 Å². The van der Waals surface area contributed by atoms with Crippen molar-refractivity contribution >= 4 is 69.8 Å². The normalized spacial score (nSPS) is 21.8. The summed E-state index contributed by atoms with van der Waals surface area (Å²) in [5, 5.41) is 6.00. The summed E-state index contributed by atoms with van der Waals surface area (Å²) in [7, 11) is 0. The lowest BCUT2D eigenvalue weighted by Gasteiger charge is -2.37. The Morgan fingerprint density at radius 2 is 2.22 bits per heavy atom. The number of aryl methyl sites for hydroxylation is 1. The Labute approximate surface area is 125 Å². The van der Waals surface area contributed by atoms with Gasteiger partial charge in [0.15, 0.2) is 0 Å². The van der Waals surface area contributed by atoms with Crippen LogP contribution in [0.2, 0.25) is 0 Å². The summed E-state index contributed by atoms with van der Waals surface area (Å²) in [6, 6.07) is 0. The molecule has 0 bridgehead atoms. The number of esters is 1. The van der Waals surface area contributed by atoms with Gasteiger partial charge in [0.25, 0.3) is 0 Å². The van der Waals surface area contributed by atoms with E-state index in [0.717, 1.165) is 10.4 Å². The molecule has 18 heavy (non-hydrogen) atoms. The lowest BCUT2D eigenvalue weighted by Crippen LogP contribution is -2.28. The van der Waals surface area contributed by atoms with Crippen LogP contribution in [0, 0.1) is 6.92 Å². The Bertz CT molecular complexity index is 583. The fraction of sp³-hybridized carbons (Fsp3) is 0.333. The van der Waals surface area contributed by atoms with Gasteiger partial charge in [-0.1, -0.05) is 24.0 Å². The van der Waals surface area contributed by atoms with Crippen molar-refractivity contribution in [1.29, 1.82) is 0 Å². The smallest absolute Gasteiger partial charge is 0.350 e. The Hall–Kier alpha value is -0.140. The minimum absolute atomic E-state index is 0.329. The molecule has 0 aromatic carbocycles. The van der Waals surface area contributed by atoms with E-state index >= 15 is 0 Å². The first-order valence-electron chi connectivity index (χ1n) is 5.08. The Morgan fingerprint density at radius 3 is 2.83 bits per heavy atom. The predicted molar refractivity (Wildman–Crippen MR) is 85.1 cm³/mol. The summed E-state index contributed by atoms with van der Waals surface area (Å²) in [4.78, 5) is 13.8. The number of thiophene rings is 1. The number of fused-ring (bicyclic) bond motifs is 1. The number of hydrogen-bond donors (Lipinski definition) is 2. The number of thiocarbonyl (C=S) groups is 1.